The molecule has 1 fully saturated rings. The second-order valence-electron chi connectivity index (χ2n) is 5.60. The number of anilines is 1. The fraction of sp³-hybridized carbons (Fsp3) is 0.583. The maximum atomic E-state index is 5.96. The van der Waals surface area contributed by atoms with Crippen LogP contribution in [-0.2, 0) is 0 Å². The van der Waals surface area contributed by atoms with Crippen molar-refractivity contribution in [3.05, 3.63) is 11.5 Å². The molecular formula is C12H16ClN5. The Kier molecular flexibility index (Phi) is 2.66. The van der Waals surface area contributed by atoms with Crippen LogP contribution in [0.2, 0.25) is 5.28 Å². The van der Waals surface area contributed by atoms with E-state index in [9.17, 15) is 0 Å². The van der Waals surface area contributed by atoms with Crippen molar-refractivity contribution in [2.75, 3.05) is 18.0 Å². The first-order valence-corrected chi connectivity index (χ1v) is 6.55. The van der Waals surface area contributed by atoms with Crippen LogP contribution in [0, 0.1) is 5.41 Å². The normalized spacial score (nSPS) is 19.4. The quantitative estimate of drug-likeness (QED) is 0.806. The Balaban J connectivity index is 1.97. The topological polar surface area (TPSA) is 57.7 Å². The van der Waals surface area contributed by atoms with E-state index in [1.54, 1.807) is 6.20 Å². The van der Waals surface area contributed by atoms with E-state index in [1.807, 2.05) is 0 Å². The van der Waals surface area contributed by atoms with E-state index in [1.165, 1.54) is 0 Å². The van der Waals surface area contributed by atoms with Crippen molar-refractivity contribution in [1.82, 2.24) is 20.2 Å². The van der Waals surface area contributed by atoms with E-state index in [-0.39, 0.29) is 5.28 Å². The van der Waals surface area contributed by atoms with E-state index in [4.69, 9.17) is 11.6 Å². The minimum absolute atomic E-state index is 0.270. The molecule has 0 amide bonds. The van der Waals surface area contributed by atoms with Gasteiger partial charge in [-0.25, -0.2) is 0 Å². The van der Waals surface area contributed by atoms with Crippen LogP contribution in [0.4, 0.5) is 5.82 Å². The number of hydrogen-bond acceptors (Lipinski definition) is 4. The second kappa shape index (κ2) is 4.09. The van der Waals surface area contributed by atoms with Gasteiger partial charge in [0, 0.05) is 13.1 Å². The van der Waals surface area contributed by atoms with Gasteiger partial charge in [-0.3, -0.25) is 5.10 Å². The van der Waals surface area contributed by atoms with Gasteiger partial charge in [-0.05, 0) is 29.9 Å². The third-order valence-corrected chi connectivity index (χ3v) is 3.85. The van der Waals surface area contributed by atoms with Crippen LogP contribution in [0.1, 0.15) is 26.7 Å². The Labute approximate surface area is 111 Å². The van der Waals surface area contributed by atoms with Gasteiger partial charge in [-0.15, -0.1) is 0 Å². The van der Waals surface area contributed by atoms with Crippen LogP contribution in [0.5, 0.6) is 0 Å². The molecule has 0 bridgehead atoms. The number of nitrogens with one attached hydrogen (secondary N) is 1. The van der Waals surface area contributed by atoms with Crippen LogP contribution in [0.3, 0.4) is 0 Å². The zero-order chi connectivity index (χ0) is 12.8. The smallest absolute Gasteiger partial charge is 0.226 e. The molecule has 18 heavy (non-hydrogen) atoms. The third-order valence-electron chi connectivity index (χ3n) is 3.68. The van der Waals surface area contributed by atoms with Gasteiger partial charge in [0.1, 0.15) is 5.82 Å². The Morgan fingerprint density at radius 3 is 2.72 bits per heavy atom. The standard InChI is InChI=1S/C12H16ClN5/c1-12(2)3-5-18(6-4-12)10-8-7-14-17-9(8)15-11(13)16-10/h7H,3-6H2,1-2H3,(H,14,15,16,17). The number of H-pyrrole nitrogens is 1. The van der Waals surface area contributed by atoms with Gasteiger partial charge in [-0.1, -0.05) is 13.8 Å². The van der Waals surface area contributed by atoms with E-state index >= 15 is 0 Å². The zero-order valence-corrected chi connectivity index (χ0v) is 11.3. The van der Waals surface area contributed by atoms with Gasteiger partial charge in [0.05, 0.1) is 11.6 Å². The predicted molar refractivity (Wildman–Crippen MR) is 71.9 cm³/mol. The molecule has 1 aliphatic rings. The first-order valence-electron chi connectivity index (χ1n) is 6.17. The van der Waals surface area contributed by atoms with E-state index in [0.29, 0.717) is 11.1 Å². The Morgan fingerprint density at radius 2 is 2.00 bits per heavy atom. The lowest BCUT2D eigenvalue weighted by Crippen LogP contribution is -2.37. The molecule has 1 saturated heterocycles. The molecule has 2 aromatic heterocycles. The zero-order valence-electron chi connectivity index (χ0n) is 10.6. The van der Waals surface area contributed by atoms with E-state index in [0.717, 1.165) is 37.1 Å². The molecule has 96 valence electrons. The van der Waals surface area contributed by atoms with Crippen LogP contribution >= 0.6 is 11.6 Å². The van der Waals surface area contributed by atoms with Crippen LogP contribution in [-0.4, -0.2) is 33.3 Å². The molecule has 0 unspecified atom stereocenters. The first kappa shape index (κ1) is 11.7. The second-order valence-corrected chi connectivity index (χ2v) is 5.94. The van der Waals surface area contributed by atoms with Crippen LogP contribution in [0.25, 0.3) is 11.0 Å². The van der Waals surface area contributed by atoms with E-state index < -0.39 is 0 Å². The van der Waals surface area contributed by atoms with Crippen molar-refractivity contribution < 1.29 is 0 Å². The van der Waals surface area contributed by atoms with Gasteiger partial charge in [-0.2, -0.15) is 15.1 Å². The highest BCUT2D eigenvalue weighted by atomic mass is 35.5. The van der Waals surface area contributed by atoms with Crippen LogP contribution in [0.15, 0.2) is 6.20 Å². The summed E-state index contributed by atoms with van der Waals surface area (Å²) >= 11 is 5.96. The fourth-order valence-corrected chi connectivity index (χ4v) is 2.52. The number of aromatic amines is 1. The lowest BCUT2D eigenvalue weighted by molar-refractivity contribution is 0.279. The number of nitrogens with zero attached hydrogens (tertiary/aromatic N) is 4. The molecule has 5 nitrogen and oxygen atoms in total. The molecular weight excluding hydrogens is 250 g/mol. The summed E-state index contributed by atoms with van der Waals surface area (Å²) in [5, 5.41) is 8.07. The van der Waals surface area contributed by atoms with E-state index in [2.05, 4.69) is 38.9 Å². The summed E-state index contributed by atoms with van der Waals surface area (Å²) in [6.45, 7) is 6.62. The maximum Gasteiger partial charge on any atom is 0.226 e. The maximum absolute atomic E-state index is 5.96. The summed E-state index contributed by atoms with van der Waals surface area (Å²) in [5.74, 6) is 0.897. The third kappa shape index (κ3) is 2.03. The average molecular weight is 266 g/mol. The lowest BCUT2D eigenvalue weighted by Gasteiger charge is -2.37. The average Bonchev–Trinajstić information content (AvgIpc) is 2.76. The molecule has 0 saturated carbocycles. The molecule has 6 heteroatoms. The monoisotopic (exact) mass is 265 g/mol. The number of fused-ring (bicyclic) bond motifs is 1. The van der Waals surface area contributed by atoms with Gasteiger partial charge < -0.3 is 4.90 Å². The van der Waals surface area contributed by atoms with Gasteiger partial charge >= 0.3 is 0 Å². The molecule has 2 aromatic rings. The number of hydrogen-bond donors (Lipinski definition) is 1. The predicted octanol–water partition coefficient (Wildman–Crippen LogP) is 2.63. The molecule has 0 aromatic carbocycles. The largest absolute Gasteiger partial charge is 0.356 e. The Morgan fingerprint density at radius 1 is 1.28 bits per heavy atom. The highest BCUT2D eigenvalue weighted by Gasteiger charge is 2.27. The van der Waals surface area contributed by atoms with Crippen molar-refractivity contribution in [1.29, 1.82) is 0 Å². The van der Waals surface area contributed by atoms with Crippen molar-refractivity contribution in [3.63, 3.8) is 0 Å². The molecule has 3 rings (SSSR count). The Bertz CT molecular complexity index is 567. The van der Waals surface area contributed by atoms with Gasteiger partial charge in [0.2, 0.25) is 5.28 Å². The summed E-state index contributed by atoms with van der Waals surface area (Å²) < 4.78 is 0. The number of rotatable bonds is 1. The summed E-state index contributed by atoms with van der Waals surface area (Å²) in [6.07, 6.45) is 4.09. The highest BCUT2D eigenvalue weighted by Crippen LogP contribution is 2.33. The molecule has 1 aliphatic heterocycles. The number of piperidine rings is 1. The summed E-state index contributed by atoms with van der Waals surface area (Å²) in [5.41, 5.74) is 1.12. The molecule has 3 heterocycles. The molecule has 0 spiro atoms. The summed E-state index contributed by atoms with van der Waals surface area (Å²) in [6, 6.07) is 0. The number of aromatic nitrogens is 4. The van der Waals surface area contributed by atoms with Crippen molar-refractivity contribution in [3.8, 4) is 0 Å². The van der Waals surface area contributed by atoms with Gasteiger partial charge in [0.25, 0.3) is 0 Å². The molecule has 0 radical (unpaired) electrons. The first-order chi connectivity index (χ1) is 8.55. The molecule has 0 atom stereocenters. The van der Waals surface area contributed by atoms with Crippen LogP contribution < -0.4 is 4.90 Å². The van der Waals surface area contributed by atoms with Gasteiger partial charge in [0.15, 0.2) is 5.65 Å². The molecule has 0 aliphatic carbocycles. The minimum atomic E-state index is 0.270. The fourth-order valence-electron chi connectivity index (χ4n) is 2.36. The summed E-state index contributed by atoms with van der Waals surface area (Å²) in [4.78, 5) is 10.8. The highest BCUT2D eigenvalue weighted by molar-refractivity contribution is 6.28. The lowest BCUT2D eigenvalue weighted by atomic mass is 9.83. The SMILES string of the molecule is CC1(C)CCN(c2nc(Cl)nc3[nH]ncc23)CC1. The minimum Gasteiger partial charge on any atom is -0.356 e. The molecule has 1 N–H and O–H groups in total. The number of halogens is 1. The van der Waals surface area contributed by atoms with Crippen molar-refractivity contribution >= 4 is 28.5 Å². The summed E-state index contributed by atoms with van der Waals surface area (Å²) in [7, 11) is 0. The Hall–Kier alpha value is -1.36. The van der Waals surface area contributed by atoms with Crippen molar-refractivity contribution in [2.45, 2.75) is 26.7 Å². The van der Waals surface area contributed by atoms with Crippen molar-refractivity contribution in [2.24, 2.45) is 5.41 Å².